The lowest BCUT2D eigenvalue weighted by atomic mass is 10.2. The Labute approximate surface area is 179 Å². The minimum Gasteiger partial charge on any atom is -0.494 e. The van der Waals surface area contributed by atoms with Crippen LogP contribution in [-0.2, 0) is 4.79 Å². The molecular formula is C21H26N2O8. The predicted molar refractivity (Wildman–Crippen MR) is 114 cm³/mol. The van der Waals surface area contributed by atoms with E-state index in [1.165, 1.54) is 33.5 Å². The maximum absolute atomic E-state index is 11.5. The molecule has 0 bridgehead atoms. The van der Waals surface area contributed by atoms with E-state index in [2.05, 4.69) is 5.32 Å². The zero-order valence-corrected chi connectivity index (χ0v) is 17.7. The molecule has 168 valence electrons. The summed E-state index contributed by atoms with van der Waals surface area (Å²) in [4.78, 5) is 21.5. The molecule has 10 nitrogen and oxygen atoms in total. The number of ether oxygens (including phenoxy) is 4. The lowest BCUT2D eigenvalue weighted by Crippen LogP contribution is -2.02. The van der Waals surface area contributed by atoms with Crippen LogP contribution in [0.15, 0.2) is 30.3 Å². The molecule has 0 aliphatic rings. The van der Waals surface area contributed by atoms with E-state index in [0.717, 1.165) is 6.42 Å². The molecule has 0 heterocycles. The summed E-state index contributed by atoms with van der Waals surface area (Å²) in [7, 11) is 4.45. The van der Waals surface area contributed by atoms with E-state index in [-0.39, 0.29) is 17.8 Å². The number of nitro benzene ring substituents is 1. The van der Waals surface area contributed by atoms with Gasteiger partial charge in [-0.15, -0.1) is 0 Å². The Morgan fingerprint density at radius 2 is 1.71 bits per heavy atom. The Bertz CT molecular complexity index is 891. The summed E-state index contributed by atoms with van der Waals surface area (Å²) >= 11 is 0. The second-order valence-corrected chi connectivity index (χ2v) is 6.53. The highest BCUT2D eigenvalue weighted by atomic mass is 16.6. The van der Waals surface area contributed by atoms with Gasteiger partial charge in [-0.1, -0.05) is 0 Å². The van der Waals surface area contributed by atoms with Crippen molar-refractivity contribution < 1.29 is 33.8 Å². The molecule has 0 fully saturated rings. The van der Waals surface area contributed by atoms with Crippen molar-refractivity contribution in [2.45, 2.75) is 25.7 Å². The van der Waals surface area contributed by atoms with Crippen molar-refractivity contribution in [3.63, 3.8) is 0 Å². The third-order valence-corrected chi connectivity index (χ3v) is 4.41. The molecule has 2 N–H and O–H groups in total. The smallest absolute Gasteiger partial charge is 0.303 e. The van der Waals surface area contributed by atoms with E-state index < -0.39 is 10.9 Å². The predicted octanol–water partition coefficient (Wildman–Crippen LogP) is 4.39. The van der Waals surface area contributed by atoms with Crippen molar-refractivity contribution in [3.05, 3.63) is 40.4 Å². The average Bonchev–Trinajstić information content (AvgIpc) is 2.75. The number of unbranched alkanes of at least 4 members (excludes halogenated alkanes) is 2. The molecule has 10 heteroatoms. The van der Waals surface area contributed by atoms with Gasteiger partial charge in [0.1, 0.15) is 11.4 Å². The monoisotopic (exact) mass is 434 g/mol. The van der Waals surface area contributed by atoms with Crippen molar-refractivity contribution in [1.29, 1.82) is 0 Å². The van der Waals surface area contributed by atoms with Gasteiger partial charge >= 0.3 is 5.97 Å². The average molecular weight is 434 g/mol. The van der Waals surface area contributed by atoms with Crippen LogP contribution in [0.5, 0.6) is 23.0 Å². The Hall–Kier alpha value is -3.69. The Morgan fingerprint density at radius 1 is 1.03 bits per heavy atom. The SMILES string of the molecule is COc1cc(Nc2cc(OCCCCCC(=O)O)ccc2[N+](=O)[O-])cc(OC)c1OC. The van der Waals surface area contributed by atoms with Crippen LogP contribution in [0.4, 0.5) is 17.1 Å². The van der Waals surface area contributed by atoms with Crippen LogP contribution in [-0.4, -0.2) is 43.9 Å². The highest BCUT2D eigenvalue weighted by Crippen LogP contribution is 2.41. The summed E-state index contributed by atoms with van der Waals surface area (Å²) in [6, 6.07) is 7.70. The maximum atomic E-state index is 11.5. The summed E-state index contributed by atoms with van der Waals surface area (Å²) in [6.45, 7) is 0.376. The van der Waals surface area contributed by atoms with Gasteiger partial charge in [0, 0.05) is 36.4 Å². The highest BCUT2D eigenvalue weighted by Gasteiger charge is 2.18. The Morgan fingerprint density at radius 3 is 2.26 bits per heavy atom. The fourth-order valence-electron chi connectivity index (χ4n) is 2.92. The minimum atomic E-state index is -0.821. The van der Waals surface area contributed by atoms with Gasteiger partial charge in [0.25, 0.3) is 5.69 Å². The number of carboxylic acids is 1. The first-order chi connectivity index (χ1) is 14.9. The molecule has 0 radical (unpaired) electrons. The largest absolute Gasteiger partial charge is 0.494 e. The number of hydrogen-bond acceptors (Lipinski definition) is 8. The number of hydrogen-bond donors (Lipinski definition) is 2. The molecule has 0 aromatic heterocycles. The number of nitro groups is 1. The number of carbonyl (C=O) groups is 1. The molecule has 0 amide bonds. The first kappa shape index (κ1) is 23.6. The normalized spacial score (nSPS) is 10.3. The van der Waals surface area contributed by atoms with Crippen molar-refractivity contribution in [2.24, 2.45) is 0 Å². The Balaban J connectivity index is 2.18. The van der Waals surface area contributed by atoms with Gasteiger partial charge in [-0.2, -0.15) is 0 Å². The summed E-state index contributed by atoms with van der Waals surface area (Å²) < 4.78 is 21.6. The molecule has 0 saturated carbocycles. The second kappa shape index (κ2) is 11.5. The summed E-state index contributed by atoms with van der Waals surface area (Å²) in [5.41, 5.74) is 0.619. The van der Waals surface area contributed by atoms with Gasteiger partial charge in [0.2, 0.25) is 5.75 Å². The lowest BCUT2D eigenvalue weighted by molar-refractivity contribution is -0.383. The number of aliphatic carboxylic acids is 1. The first-order valence-corrected chi connectivity index (χ1v) is 9.59. The summed E-state index contributed by atoms with van der Waals surface area (Å²) in [5, 5.41) is 23.1. The number of carboxylic acid groups (broad SMARTS) is 1. The number of nitrogens with one attached hydrogen (secondary N) is 1. The molecule has 0 unspecified atom stereocenters. The minimum absolute atomic E-state index is 0.123. The van der Waals surface area contributed by atoms with Crippen LogP contribution >= 0.6 is 0 Å². The molecule has 0 aliphatic heterocycles. The van der Waals surface area contributed by atoms with Crippen LogP contribution < -0.4 is 24.3 Å². The molecule has 31 heavy (non-hydrogen) atoms. The number of anilines is 2. The number of methoxy groups -OCH3 is 3. The van der Waals surface area contributed by atoms with Crippen LogP contribution in [0.2, 0.25) is 0 Å². The number of benzene rings is 2. The number of nitrogens with zero attached hydrogens (tertiary/aromatic N) is 1. The molecule has 2 rings (SSSR count). The summed E-state index contributed by atoms with van der Waals surface area (Å²) in [5.74, 6) is 0.851. The van der Waals surface area contributed by atoms with Gasteiger partial charge in [0.05, 0.1) is 32.9 Å². The highest BCUT2D eigenvalue weighted by molar-refractivity contribution is 5.74. The zero-order valence-electron chi connectivity index (χ0n) is 17.7. The fraction of sp³-hybridized carbons (Fsp3) is 0.381. The van der Waals surface area contributed by atoms with Crippen molar-refractivity contribution in [3.8, 4) is 23.0 Å². The van der Waals surface area contributed by atoms with Crippen LogP contribution in [0, 0.1) is 10.1 Å². The molecule has 0 atom stereocenters. The van der Waals surface area contributed by atoms with Gasteiger partial charge in [-0.25, -0.2) is 0 Å². The van der Waals surface area contributed by atoms with Crippen LogP contribution in [0.3, 0.4) is 0 Å². The molecule has 0 spiro atoms. The summed E-state index contributed by atoms with van der Waals surface area (Å²) in [6.07, 6.45) is 2.10. The molecule has 0 aliphatic carbocycles. The van der Waals surface area contributed by atoms with E-state index >= 15 is 0 Å². The molecular weight excluding hydrogens is 408 g/mol. The van der Waals surface area contributed by atoms with E-state index in [1.54, 1.807) is 18.2 Å². The number of rotatable bonds is 13. The first-order valence-electron chi connectivity index (χ1n) is 9.59. The van der Waals surface area contributed by atoms with Gasteiger partial charge in [-0.05, 0) is 25.3 Å². The standard InChI is InChI=1S/C21H26N2O8/c1-28-18-11-14(12-19(29-2)21(18)30-3)22-16-13-15(8-9-17(16)23(26)27)31-10-6-4-5-7-20(24)25/h8-9,11-13,22H,4-7,10H2,1-3H3,(H,24,25). The fourth-order valence-corrected chi connectivity index (χ4v) is 2.92. The van der Waals surface area contributed by atoms with E-state index in [9.17, 15) is 14.9 Å². The van der Waals surface area contributed by atoms with E-state index in [4.69, 9.17) is 24.1 Å². The zero-order chi connectivity index (χ0) is 22.8. The van der Waals surface area contributed by atoms with Crippen molar-refractivity contribution in [1.82, 2.24) is 0 Å². The van der Waals surface area contributed by atoms with Crippen LogP contribution in [0.25, 0.3) is 0 Å². The topological polar surface area (TPSA) is 129 Å². The third-order valence-electron chi connectivity index (χ3n) is 4.41. The second-order valence-electron chi connectivity index (χ2n) is 6.53. The van der Waals surface area contributed by atoms with E-state index in [0.29, 0.717) is 48.1 Å². The van der Waals surface area contributed by atoms with Crippen LogP contribution in [0.1, 0.15) is 25.7 Å². The van der Waals surface area contributed by atoms with Crippen molar-refractivity contribution in [2.75, 3.05) is 33.3 Å². The van der Waals surface area contributed by atoms with Crippen molar-refractivity contribution >= 4 is 23.0 Å². The maximum Gasteiger partial charge on any atom is 0.303 e. The van der Waals surface area contributed by atoms with Gasteiger partial charge in [0.15, 0.2) is 11.5 Å². The lowest BCUT2D eigenvalue weighted by Gasteiger charge is -2.15. The Kier molecular flexibility index (Phi) is 8.74. The third kappa shape index (κ3) is 6.66. The molecule has 2 aromatic rings. The van der Waals surface area contributed by atoms with Gasteiger partial charge < -0.3 is 29.4 Å². The molecule has 2 aromatic carbocycles. The van der Waals surface area contributed by atoms with Gasteiger partial charge in [-0.3, -0.25) is 14.9 Å². The molecule has 0 saturated heterocycles. The van der Waals surface area contributed by atoms with E-state index in [1.807, 2.05) is 0 Å². The quantitative estimate of drug-likeness (QED) is 0.268.